The van der Waals surface area contributed by atoms with Gasteiger partial charge in [-0.05, 0) is 31.6 Å². The standard InChI is InChI=1S/C19H40O/c1-5-9-12-13-15-18(14-10-6-2)19(20,16-8-4)17-11-7-3/h18,20H,5-17H2,1-4H3. The summed E-state index contributed by atoms with van der Waals surface area (Å²) in [6, 6.07) is 0. The van der Waals surface area contributed by atoms with E-state index in [-0.39, 0.29) is 5.60 Å². The molecule has 0 spiro atoms. The second kappa shape index (κ2) is 12.7. The first-order valence-corrected chi connectivity index (χ1v) is 9.36. The van der Waals surface area contributed by atoms with Crippen LogP contribution in [0.4, 0.5) is 0 Å². The fourth-order valence-electron chi connectivity index (χ4n) is 3.40. The van der Waals surface area contributed by atoms with Crippen molar-refractivity contribution in [3.05, 3.63) is 0 Å². The summed E-state index contributed by atoms with van der Waals surface area (Å²) in [6.07, 6.45) is 15.8. The predicted octanol–water partition coefficient (Wildman–Crippen LogP) is 6.48. The lowest BCUT2D eigenvalue weighted by atomic mass is 9.75. The Morgan fingerprint density at radius 1 is 0.650 bits per heavy atom. The largest absolute Gasteiger partial charge is 0.390 e. The minimum Gasteiger partial charge on any atom is -0.390 e. The first-order valence-electron chi connectivity index (χ1n) is 9.36. The number of hydrogen-bond acceptors (Lipinski definition) is 1. The molecular weight excluding hydrogens is 244 g/mol. The van der Waals surface area contributed by atoms with Gasteiger partial charge in [0, 0.05) is 0 Å². The Kier molecular flexibility index (Phi) is 12.7. The molecule has 0 aromatic rings. The van der Waals surface area contributed by atoms with Crippen LogP contribution in [-0.2, 0) is 0 Å². The third-order valence-corrected chi connectivity index (χ3v) is 4.72. The van der Waals surface area contributed by atoms with Crippen molar-refractivity contribution in [1.29, 1.82) is 0 Å². The topological polar surface area (TPSA) is 20.2 Å². The van der Waals surface area contributed by atoms with E-state index in [0.29, 0.717) is 5.92 Å². The summed E-state index contributed by atoms with van der Waals surface area (Å²) in [5.41, 5.74) is -0.383. The molecule has 0 fully saturated rings. The molecule has 0 bridgehead atoms. The summed E-state index contributed by atoms with van der Waals surface area (Å²) in [5, 5.41) is 11.2. The second-order valence-corrected chi connectivity index (χ2v) is 6.65. The summed E-state index contributed by atoms with van der Waals surface area (Å²) in [7, 11) is 0. The van der Waals surface area contributed by atoms with Crippen molar-refractivity contribution in [3.63, 3.8) is 0 Å². The molecule has 0 saturated carbocycles. The molecule has 0 heterocycles. The number of rotatable bonds is 14. The highest BCUT2D eigenvalue weighted by atomic mass is 16.3. The van der Waals surface area contributed by atoms with Gasteiger partial charge < -0.3 is 5.11 Å². The van der Waals surface area contributed by atoms with Gasteiger partial charge in [0.1, 0.15) is 0 Å². The fraction of sp³-hybridized carbons (Fsp3) is 1.00. The van der Waals surface area contributed by atoms with Gasteiger partial charge in [-0.25, -0.2) is 0 Å². The molecule has 0 aromatic carbocycles. The molecule has 1 N–H and O–H groups in total. The van der Waals surface area contributed by atoms with E-state index >= 15 is 0 Å². The van der Waals surface area contributed by atoms with E-state index in [1.165, 1.54) is 64.2 Å². The maximum Gasteiger partial charge on any atom is 0.0675 e. The third-order valence-electron chi connectivity index (χ3n) is 4.72. The van der Waals surface area contributed by atoms with E-state index in [9.17, 15) is 5.11 Å². The Morgan fingerprint density at radius 3 is 1.80 bits per heavy atom. The molecule has 0 aliphatic rings. The first-order chi connectivity index (χ1) is 9.64. The summed E-state index contributed by atoms with van der Waals surface area (Å²) >= 11 is 0. The Bertz CT molecular complexity index is 202. The Balaban J connectivity index is 4.53. The maximum absolute atomic E-state index is 11.2. The van der Waals surface area contributed by atoms with Crippen molar-refractivity contribution in [2.24, 2.45) is 5.92 Å². The third kappa shape index (κ3) is 8.29. The van der Waals surface area contributed by atoms with Gasteiger partial charge in [-0.3, -0.25) is 0 Å². The van der Waals surface area contributed by atoms with Crippen molar-refractivity contribution in [2.75, 3.05) is 0 Å². The molecule has 0 aromatic heterocycles. The van der Waals surface area contributed by atoms with Crippen LogP contribution < -0.4 is 0 Å². The van der Waals surface area contributed by atoms with Gasteiger partial charge in [0.15, 0.2) is 0 Å². The van der Waals surface area contributed by atoms with Crippen LogP contribution in [0.5, 0.6) is 0 Å². The van der Waals surface area contributed by atoms with Crippen molar-refractivity contribution in [3.8, 4) is 0 Å². The first kappa shape index (κ1) is 20.0. The molecule has 2 unspecified atom stereocenters. The van der Waals surface area contributed by atoms with E-state index in [1.807, 2.05) is 0 Å². The maximum atomic E-state index is 11.2. The molecule has 122 valence electrons. The fourth-order valence-corrected chi connectivity index (χ4v) is 3.40. The molecule has 0 aliphatic heterocycles. The monoisotopic (exact) mass is 284 g/mol. The summed E-state index contributed by atoms with van der Waals surface area (Å²) < 4.78 is 0. The van der Waals surface area contributed by atoms with E-state index in [4.69, 9.17) is 0 Å². The second-order valence-electron chi connectivity index (χ2n) is 6.65. The Labute approximate surface area is 128 Å². The van der Waals surface area contributed by atoms with Gasteiger partial charge in [0.05, 0.1) is 5.60 Å². The molecule has 0 amide bonds. The van der Waals surface area contributed by atoms with Crippen molar-refractivity contribution in [2.45, 2.75) is 117 Å². The minimum absolute atomic E-state index is 0.383. The lowest BCUT2D eigenvalue weighted by molar-refractivity contribution is -0.0439. The zero-order chi connectivity index (χ0) is 15.3. The van der Waals surface area contributed by atoms with Crippen LogP contribution >= 0.6 is 0 Å². The van der Waals surface area contributed by atoms with Crippen LogP contribution in [0, 0.1) is 5.92 Å². The Morgan fingerprint density at radius 2 is 1.25 bits per heavy atom. The molecule has 0 saturated heterocycles. The van der Waals surface area contributed by atoms with Crippen molar-refractivity contribution >= 4 is 0 Å². The average molecular weight is 285 g/mol. The smallest absolute Gasteiger partial charge is 0.0675 e. The molecule has 1 nitrogen and oxygen atoms in total. The van der Waals surface area contributed by atoms with Gasteiger partial charge in [0.25, 0.3) is 0 Å². The van der Waals surface area contributed by atoms with Crippen molar-refractivity contribution in [1.82, 2.24) is 0 Å². The van der Waals surface area contributed by atoms with E-state index in [1.54, 1.807) is 0 Å². The molecule has 0 rings (SSSR count). The Hall–Kier alpha value is -0.0400. The van der Waals surface area contributed by atoms with E-state index in [0.717, 1.165) is 19.3 Å². The molecule has 0 aliphatic carbocycles. The highest BCUT2D eigenvalue weighted by Crippen LogP contribution is 2.36. The lowest BCUT2D eigenvalue weighted by Gasteiger charge is -2.37. The van der Waals surface area contributed by atoms with Gasteiger partial charge in [0.2, 0.25) is 0 Å². The molecule has 20 heavy (non-hydrogen) atoms. The average Bonchev–Trinajstić information content (AvgIpc) is 2.44. The zero-order valence-electron chi connectivity index (χ0n) is 14.7. The summed E-state index contributed by atoms with van der Waals surface area (Å²) in [5.74, 6) is 0.533. The number of unbranched alkanes of at least 4 members (excludes halogenated alkanes) is 5. The van der Waals surface area contributed by atoms with Gasteiger partial charge in [-0.1, -0.05) is 85.5 Å². The van der Waals surface area contributed by atoms with Crippen LogP contribution in [0.2, 0.25) is 0 Å². The van der Waals surface area contributed by atoms with Crippen LogP contribution in [-0.4, -0.2) is 10.7 Å². The van der Waals surface area contributed by atoms with Crippen molar-refractivity contribution < 1.29 is 5.11 Å². The van der Waals surface area contributed by atoms with Gasteiger partial charge in [-0.2, -0.15) is 0 Å². The molecule has 2 atom stereocenters. The van der Waals surface area contributed by atoms with Crippen LogP contribution in [0.15, 0.2) is 0 Å². The van der Waals surface area contributed by atoms with Crippen LogP contribution in [0.25, 0.3) is 0 Å². The number of hydrogen-bond donors (Lipinski definition) is 1. The van der Waals surface area contributed by atoms with Gasteiger partial charge in [-0.15, -0.1) is 0 Å². The van der Waals surface area contributed by atoms with Crippen LogP contribution in [0.1, 0.15) is 111 Å². The lowest BCUT2D eigenvalue weighted by Crippen LogP contribution is -2.38. The quantitative estimate of drug-likeness (QED) is 0.362. The SMILES string of the molecule is CCCCCCC(CCCC)C(O)(CCC)CCCC. The van der Waals surface area contributed by atoms with Crippen LogP contribution in [0.3, 0.4) is 0 Å². The van der Waals surface area contributed by atoms with Gasteiger partial charge >= 0.3 is 0 Å². The predicted molar refractivity (Wildman–Crippen MR) is 91.2 cm³/mol. The summed E-state index contributed by atoms with van der Waals surface area (Å²) in [4.78, 5) is 0. The highest BCUT2D eigenvalue weighted by molar-refractivity contribution is 4.86. The minimum atomic E-state index is -0.383. The highest BCUT2D eigenvalue weighted by Gasteiger charge is 2.34. The van der Waals surface area contributed by atoms with E-state index in [2.05, 4.69) is 27.7 Å². The molecular formula is C19H40O. The van der Waals surface area contributed by atoms with E-state index < -0.39 is 0 Å². The molecule has 0 radical (unpaired) electrons. The normalized spacial score (nSPS) is 16.1. The number of aliphatic hydroxyl groups is 1. The zero-order valence-corrected chi connectivity index (χ0v) is 14.7. The molecule has 1 heteroatoms. The summed E-state index contributed by atoms with van der Waals surface area (Å²) in [6.45, 7) is 8.97.